The lowest BCUT2D eigenvalue weighted by Crippen LogP contribution is -2.37. The topological polar surface area (TPSA) is 41.5 Å². The average Bonchev–Trinajstić information content (AvgIpc) is 3.05. The highest BCUT2D eigenvalue weighted by molar-refractivity contribution is 5.83. The molecule has 0 saturated carbocycles. The Hall–Kier alpha value is -1.42. The van der Waals surface area contributed by atoms with Gasteiger partial charge < -0.3 is 15.2 Å². The minimum Gasteiger partial charge on any atom is -0.387 e. The van der Waals surface area contributed by atoms with Crippen molar-refractivity contribution >= 4 is 10.8 Å². The molecule has 2 aromatic carbocycles. The number of hydrogen-bond donors (Lipinski definition) is 2. The van der Waals surface area contributed by atoms with Crippen molar-refractivity contribution in [3.8, 4) is 0 Å². The van der Waals surface area contributed by atoms with Crippen molar-refractivity contribution in [2.24, 2.45) is 0 Å². The molecule has 0 spiro atoms. The summed E-state index contributed by atoms with van der Waals surface area (Å²) >= 11 is 0. The highest BCUT2D eigenvalue weighted by atomic mass is 16.5. The van der Waals surface area contributed by atoms with Gasteiger partial charge in [-0.05, 0) is 42.2 Å². The first-order valence-corrected chi connectivity index (χ1v) is 7.76. The molecule has 3 atom stereocenters. The molecule has 2 N–H and O–H groups in total. The molecule has 21 heavy (non-hydrogen) atoms. The first-order chi connectivity index (χ1) is 10.2. The van der Waals surface area contributed by atoms with Crippen LogP contribution in [0.1, 0.15) is 31.4 Å². The van der Waals surface area contributed by atoms with Gasteiger partial charge in [0.05, 0.1) is 12.2 Å². The van der Waals surface area contributed by atoms with E-state index in [4.69, 9.17) is 4.74 Å². The first kappa shape index (κ1) is 14.5. The third-order valence-electron chi connectivity index (χ3n) is 4.28. The van der Waals surface area contributed by atoms with Gasteiger partial charge in [0, 0.05) is 19.2 Å². The molecule has 3 heteroatoms. The van der Waals surface area contributed by atoms with Crippen LogP contribution in [-0.4, -0.2) is 30.4 Å². The molecule has 0 aromatic heterocycles. The van der Waals surface area contributed by atoms with Gasteiger partial charge in [-0.3, -0.25) is 0 Å². The molecule has 0 bridgehead atoms. The van der Waals surface area contributed by atoms with E-state index < -0.39 is 6.10 Å². The van der Waals surface area contributed by atoms with Crippen molar-refractivity contribution < 1.29 is 9.84 Å². The monoisotopic (exact) mass is 285 g/mol. The summed E-state index contributed by atoms with van der Waals surface area (Å²) in [7, 11) is 0. The SMILES string of the molecule is CC(NCC1CCCO1)C(O)c1ccc2ccccc2c1. The third-order valence-corrected chi connectivity index (χ3v) is 4.28. The van der Waals surface area contributed by atoms with Gasteiger partial charge >= 0.3 is 0 Å². The van der Waals surface area contributed by atoms with Crippen molar-refractivity contribution in [3.63, 3.8) is 0 Å². The number of benzene rings is 2. The van der Waals surface area contributed by atoms with Crippen LogP contribution in [0.2, 0.25) is 0 Å². The molecule has 1 fully saturated rings. The van der Waals surface area contributed by atoms with Gasteiger partial charge in [0.1, 0.15) is 0 Å². The molecule has 0 aliphatic carbocycles. The minimum atomic E-state index is -0.504. The summed E-state index contributed by atoms with van der Waals surface area (Å²) in [5.41, 5.74) is 0.959. The summed E-state index contributed by atoms with van der Waals surface area (Å²) in [6, 6.07) is 14.4. The van der Waals surface area contributed by atoms with Crippen LogP contribution in [0, 0.1) is 0 Å². The summed E-state index contributed by atoms with van der Waals surface area (Å²) in [6.07, 6.45) is 2.06. The Bertz CT molecular complexity index is 593. The molecule has 3 unspecified atom stereocenters. The molecule has 0 amide bonds. The molecule has 1 aliphatic heterocycles. The van der Waals surface area contributed by atoms with Crippen molar-refractivity contribution in [1.82, 2.24) is 5.32 Å². The van der Waals surface area contributed by atoms with E-state index in [2.05, 4.69) is 29.6 Å². The van der Waals surface area contributed by atoms with Gasteiger partial charge in [0.25, 0.3) is 0 Å². The number of hydrogen-bond acceptors (Lipinski definition) is 3. The molecular weight excluding hydrogens is 262 g/mol. The van der Waals surface area contributed by atoms with Crippen LogP contribution in [-0.2, 0) is 4.74 Å². The molecule has 2 aromatic rings. The zero-order chi connectivity index (χ0) is 14.7. The number of fused-ring (bicyclic) bond motifs is 1. The Morgan fingerprint density at radius 1 is 1.24 bits per heavy atom. The maximum Gasteiger partial charge on any atom is 0.0940 e. The zero-order valence-electron chi connectivity index (χ0n) is 12.5. The van der Waals surface area contributed by atoms with Crippen LogP contribution in [0.3, 0.4) is 0 Å². The van der Waals surface area contributed by atoms with E-state index in [1.165, 1.54) is 10.8 Å². The maximum absolute atomic E-state index is 10.5. The number of ether oxygens (including phenoxy) is 1. The Labute approximate surface area is 125 Å². The summed E-state index contributed by atoms with van der Waals surface area (Å²) in [5.74, 6) is 0. The highest BCUT2D eigenvalue weighted by Gasteiger charge is 2.20. The number of nitrogens with one attached hydrogen (secondary N) is 1. The van der Waals surface area contributed by atoms with Crippen molar-refractivity contribution in [3.05, 3.63) is 48.0 Å². The van der Waals surface area contributed by atoms with E-state index in [9.17, 15) is 5.11 Å². The van der Waals surface area contributed by atoms with Gasteiger partial charge in [-0.2, -0.15) is 0 Å². The van der Waals surface area contributed by atoms with Crippen LogP contribution < -0.4 is 5.32 Å². The quantitative estimate of drug-likeness (QED) is 0.887. The van der Waals surface area contributed by atoms with E-state index in [0.717, 1.165) is 31.6 Å². The minimum absolute atomic E-state index is 0.00959. The van der Waals surface area contributed by atoms with Gasteiger partial charge in [0.15, 0.2) is 0 Å². The molecule has 112 valence electrons. The fourth-order valence-corrected chi connectivity index (χ4v) is 2.91. The fraction of sp³-hybridized carbons (Fsp3) is 0.444. The Morgan fingerprint density at radius 2 is 2.05 bits per heavy atom. The standard InChI is InChI=1S/C18H23NO2/c1-13(19-12-17-7-4-10-21-17)18(20)16-9-8-14-5-2-3-6-15(14)11-16/h2-3,5-6,8-9,11,13,17-20H,4,7,10,12H2,1H3. The van der Waals surface area contributed by atoms with Gasteiger partial charge in [-0.15, -0.1) is 0 Å². The zero-order valence-corrected chi connectivity index (χ0v) is 12.5. The van der Waals surface area contributed by atoms with E-state index in [1.54, 1.807) is 0 Å². The van der Waals surface area contributed by atoms with E-state index in [0.29, 0.717) is 6.10 Å². The van der Waals surface area contributed by atoms with Crippen LogP contribution in [0.25, 0.3) is 10.8 Å². The summed E-state index contributed by atoms with van der Waals surface area (Å²) in [4.78, 5) is 0. The lowest BCUT2D eigenvalue weighted by molar-refractivity contribution is 0.0911. The summed E-state index contributed by atoms with van der Waals surface area (Å²) in [6.45, 7) is 3.70. The van der Waals surface area contributed by atoms with Gasteiger partial charge in [0.2, 0.25) is 0 Å². The van der Waals surface area contributed by atoms with Crippen LogP contribution in [0.4, 0.5) is 0 Å². The van der Waals surface area contributed by atoms with Crippen molar-refractivity contribution in [2.45, 2.75) is 38.0 Å². The third kappa shape index (κ3) is 3.43. The number of aliphatic hydroxyl groups is 1. The number of rotatable bonds is 5. The molecule has 3 rings (SSSR count). The van der Waals surface area contributed by atoms with Crippen LogP contribution >= 0.6 is 0 Å². The van der Waals surface area contributed by atoms with Crippen LogP contribution in [0.5, 0.6) is 0 Å². The van der Waals surface area contributed by atoms with E-state index >= 15 is 0 Å². The second-order valence-corrected chi connectivity index (χ2v) is 5.88. The van der Waals surface area contributed by atoms with Crippen LogP contribution in [0.15, 0.2) is 42.5 Å². The lowest BCUT2D eigenvalue weighted by atomic mass is 9.99. The molecule has 1 saturated heterocycles. The Morgan fingerprint density at radius 3 is 2.81 bits per heavy atom. The molecule has 1 heterocycles. The van der Waals surface area contributed by atoms with Crippen molar-refractivity contribution in [2.75, 3.05) is 13.2 Å². The van der Waals surface area contributed by atoms with Crippen molar-refractivity contribution in [1.29, 1.82) is 0 Å². The van der Waals surface area contributed by atoms with E-state index in [-0.39, 0.29) is 6.04 Å². The van der Waals surface area contributed by atoms with E-state index in [1.807, 2.05) is 25.1 Å². The molecule has 0 radical (unpaired) electrons. The molecular formula is C18H23NO2. The summed E-state index contributed by atoms with van der Waals surface area (Å²) < 4.78 is 5.60. The van der Waals surface area contributed by atoms with Gasteiger partial charge in [-0.25, -0.2) is 0 Å². The molecule has 1 aliphatic rings. The Kier molecular flexibility index (Phi) is 4.54. The normalized spacial score (nSPS) is 21.5. The smallest absolute Gasteiger partial charge is 0.0940 e. The fourth-order valence-electron chi connectivity index (χ4n) is 2.91. The van der Waals surface area contributed by atoms with Gasteiger partial charge in [-0.1, -0.05) is 36.4 Å². The molecule has 3 nitrogen and oxygen atoms in total. The first-order valence-electron chi connectivity index (χ1n) is 7.76. The number of aliphatic hydroxyl groups excluding tert-OH is 1. The Balaban J connectivity index is 1.65. The average molecular weight is 285 g/mol. The lowest BCUT2D eigenvalue weighted by Gasteiger charge is -2.22. The predicted octanol–water partition coefficient (Wildman–Crippen LogP) is 3.03. The second kappa shape index (κ2) is 6.56. The maximum atomic E-state index is 10.5. The highest BCUT2D eigenvalue weighted by Crippen LogP contribution is 2.22. The second-order valence-electron chi connectivity index (χ2n) is 5.88. The summed E-state index contributed by atoms with van der Waals surface area (Å²) in [5, 5.41) is 16.3. The largest absolute Gasteiger partial charge is 0.387 e. The predicted molar refractivity (Wildman–Crippen MR) is 85.3 cm³/mol.